The zero-order chi connectivity index (χ0) is 21.5. The summed E-state index contributed by atoms with van der Waals surface area (Å²) in [5.74, 6) is 0.278. The summed E-state index contributed by atoms with van der Waals surface area (Å²) in [6.07, 6.45) is 2.61. The molecule has 0 saturated heterocycles. The third-order valence-electron chi connectivity index (χ3n) is 6.13. The Bertz CT molecular complexity index is 1170. The number of anilines is 1. The first-order valence-electron chi connectivity index (χ1n) is 10.4. The summed E-state index contributed by atoms with van der Waals surface area (Å²) < 4.78 is 7.73. The van der Waals surface area contributed by atoms with Crippen LogP contribution in [0.15, 0.2) is 54.7 Å². The van der Waals surface area contributed by atoms with Crippen molar-refractivity contribution >= 4 is 17.5 Å². The van der Waals surface area contributed by atoms with Crippen molar-refractivity contribution < 1.29 is 14.3 Å². The predicted octanol–water partition coefficient (Wildman–Crippen LogP) is 2.66. The van der Waals surface area contributed by atoms with Crippen molar-refractivity contribution in [3.8, 4) is 5.75 Å². The molecule has 7 heteroatoms. The van der Waals surface area contributed by atoms with Gasteiger partial charge in [-0.25, -0.2) is 0 Å². The smallest absolute Gasteiger partial charge is 0.275 e. The van der Waals surface area contributed by atoms with E-state index in [0.717, 1.165) is 5.56 Å². The Labute approximate surface area is 180 Å². The normalized spacial score (nSPS) is 18.3. The molecule has 2 amide bonds. The highest BCUT2D eigenvalue weighted by molar-refractivity contribution is 6.03. The zero-order valence-electron chi connectivity index (χ0n) is 17.6. The number of carbonyl (C=O) groups is 2. The van der Waals surface area contributed by atoms with Gasteiger partial charge in [0, 0.05) is 25.4 Å². The maximum atomic E-state index is 13.3. The molecule has 0 spiro atoms. The van der Waals surface area contributed by atoms with E-state index < -0.39 is 6.04 Å². The molecule has 0 radical (unpaired) electrons. The van der Waals surface area contributed by atoms with E-state index in [0.29, 0.717) is 36.6 Å². The minimum atomic E-state index is -0.681. The molecule has 0 aliphatic carbocycles. The molecule has 5 rings (SSSR count). The van der Waals surface area contributed by atoms with E-state index in [4.69, 9.17) is 4.74 Å². The van der Waals surface area contributed by atoms with Gasteiger partial charge in [0.2, 0.25) is 0 Å². The maximum absolute atomic E-state index is 13.3. The van der Waals surface area contributed by atoms with Gasteiger partial charge in [-0.15, -0.1) is 0 Å². The molecule has 0 saturated carbocycles. The molecule has 1 atom stereocenters. The van der Waals surface area contributed by atoms with E-state index in [9.17, 15) is 9.59 Å². The van der Waals surface area contributed by atoms with Crippen molar-refractivity contribution in [3.05, 3.63) is 77.1 Å². The van der Waals surface area contributed by atoms with Crippen LogP contribution in [0.5, 0.6) is 5.75 Å². The number of likely N-dealkylation sites (N-methyl/N-ethyl adjacent to an activating group) is 1. The third-order valence-corrected chi connectivity index (χ3v) is 6.13. The van der Waals surface area contributed by atoms with Gasteiger partial charge in [-0.2, -0.15) is 5.10 Å². The fraction of sp³-hybridized carbons (Fsp3) is 0.292. The molecule has 1 aromatic heterocycles. The molecule has 3 aromatic rings. The van der Waals surface area contributed by atoms with Crippen LogP contribution in [-0.2, 0) is 17.8 Å². The first-order valence-corrected chi connectivity index (χ1v) is 10.4. The average Bonchev–Trinajstić information content (AvgIpc) is 3.15. The van der Waals surface area contributed by atoms with Gasteiger partial charge in [-0.3, -0.25) is 14.3 Å². The molecular formula is C24H24N4O3. The molecule has 2 aliphatic rings. The van der Waals surface area contributed by atoms with E-state index in [1.807, 2.05) is 47.3 Å². The maximum Gasteiger partial charge on any atom is 0.275 e. The number of aryl methyl sites for hydroxylation is 1. The number of aromatic nitrogens is 2. The lowest BCUT2D eigenvalue weighted by Gasteiger charge is -2.33. The van der Waals surface area contributed by atoms with Crippen LogP contribution in [0.2, 0.25) is 0 Å². The molecule has 2 aromatic carbocycles. The second-order valence-electron chi connectivity index (χ2n) is 8.07. The van der Waals surface area contributed by atoms with Gasteiger partial charge in [-0.05, 0) is 36.6 Å². The summed E-state index contributed by atoms with van der Waals surface area (Å²) in [6, 6.07) is 14.9. The van der Waals surface area contributed by atoms with Crippen molar-refractivity contribution in [2.75, 3.05) is 25.1 Å². The number of hydrogen-bond donors (Lipinski definition) is 0. The molecule has 0 unspecified atom stereocenters. The van der Waals surface area contributed by atoms with Crippen molar-refractivity contribution in [1.29, 1.82) is 0 Å². The minimum Gasteiger partial charge on any atom is -0.489 e. The summed E-state index contributed by atoms with van der Waals surface area (Å²) in [5, 5.41) is 4.58. The van der Waals surface area contributed by atoms with Crippen LogP contribution in [0.4, 0.5) is 5.69 Å². The molecule has 7 nitrogen and oxygen atoms in total. The number of fused-ring (bicyclic) bond motifs is 2. The largest absolute Gasteiger partial charge is 0.489 e. The summed E-state index contributed by atoms with van der Waals surface area (Å²) in [7, 11) is 1.72. The standard InChI is InChI=1S/C24H24N4O3/c1-16-7-3-4-8-17(16)13-27-14-18-11-12-28(24(30)22(18)25-27)20-15-31-21-10-6-5-9-19(21)26(2)23(20)29/h3-10,14,20H,11-13,15H2,1-2H3/t20-/m0/s1. The van der Waals surface area contributed by atoms with Gasteiger partial charge < -0.3 is 14.5 Å². The lowest BCUT2D eigenvalue weighted by Crippen LogP contribution is -2.54. The van der Waals surface area contributed by atoms with Crippen LogP contribution in [0.3, 0.4) is 0 Å². The van der Waals surface area contributed by atoms with Crippen molar-refractivity contribution in [2.45, 2.75) is 25.9 Å². The topological polar surface area (TPSA) is 67.7 Å². The molecule has 31 heavy (non-hydrogen) atoms. The van der Waals surface area contributed by atoms with Gasteiger partial charge in [-0.1, -0.05) is 36.4 Å². The predicted molar refractivity (Wildman–Crippen MR) is 116 cm³/mol. The van der Waals surface area contributed by atoms with Crippen molar-refractivity contribution in [1.82, 2.24) is 14.7 Å². The summed E-state index contributed by atoms with van der Waals surface area (Å²) in [5.41, 5.74) is 4.42. The second kappa shape index (κ2) is 7.58. The number of rotatable bonds is 3. The lowest BCUT2D eigenvalue weighted by molar-refractivity contribution is -0.123. The highest BCUT2D eigenvalue weighted by Crippen LogP contribution is 2.32. The minimum absolute atomic E-state index is 0.130. The summed E-state index contributed by atoms with van der Waals surface area (Å²) in [6.45, 7) is 3.27. The zero-order valence-corrected chi connectivity index (χ0v) is 17.6. The van der Waals surface area contributed by atoms with E-state index in [-0.39, 0.29) is 18.4 Å². The average molecular weight is 416 g/mol. The number of carbonyl (C=O) groups excluding carboxylic acids is 2. The van der Waals surface area contributed by atoms with Gasteiger partial charge in [0.1, 0.15) is 18.4 Å². The molecule has 3 heterocycles. The van der Waals surface area contributed by atoms with E-state index in [1.165, 1.54) is 11.1 Å². The molecule has 0 bridgehead atoms. The first kappa shape index (κ1) is 19.4. The number of amides is 2. The van der Waals surface area contributed by atoms with E-state index in [2.05, 4.69) is 24.2 Å². The van der Waals surface area contributed by atoms with Crippen molar-refractivity contribution in [2.24, 2.45) is 0 Å². The van der Waals surface area contributed by atoms with Crippen LogP contribution in [-0.4, -0.2) is 52.7 Å². The lowest BCUT2D eigenvalue weighted by atomic mass is 10.0. The number of ether oxygens (including phenoxy) is 1. The quantitative estimate of drug-likeness (QED) is 0.658. The molecule has 158 valence electrons. The van der Waals surface area contributed by atoms with E-state index >= 15 is 0 Å². The van der Waals surface area contributed by atoms with Crippen LogP contribution in [0.1, 0.15) is 27.2 Å². The Morgan fingerprint density at radius 2 is 1.87 bits per heavy atom. The summed E-state index contributed by atoms with van der Waals surface area (Å²) >= 11 is 0. The van der Waals surface area contributed by atoms with E-state index in [1.54, 1.807) is 16.8 Å². The van der Waals surface area contributed by atoms with Crippen LogP contribution in [0, 0.1) is 6.92 Å². The molecule has 0 fully saturated rings. The van der Waals surface area contributed by atoms with Crippen LogP contribution in [0.25, 0.3) is 0 Å². The Morgan fingerprint density at radius 3 is 2.71 bits per heavy atom. The monoisotopic (exact) mass is 416 g/mol. The second-order valence-corrected chi connectivity index (χ2v) is 8.07. The number of para-hydroxylation sites is 2. The Balaban J connectivity index is 1.39. The van der Waals surface area contributed by atoms with Crippen LogP contribution >= 0.6 is 0 Å². The molecular weight excluding hydrogens is 392 g/mol. The number of benzene rings is 2. The highest BCUT2D eigenvalue weighted by atomic mass is 16.5. The van der Waals surface area contributed by atoms with Crippen molar-refractivity contribution in [3.63, 3.8) is 0 Å². The molecule has 2 aliphatic heterocycles. The third kappa shape index (κ3) is 3.36. The van der Waals surface area contributed by atoms with Gasteiger partial charge >= 0.3 is 0 Å². The van der Waals surface area contributed by atoms with Gasteiger partial charge in [0.05, 0.1) is 12.2 Å². The Hall–Kier alpha value is -3.61. The Morgan fingerprint density at radius 1 is 1.10 bits per heavy atom. The van der Waals surface area contributed by atoms with Gasteiger partial charge in [0.25, 0.3) is 11.8 Å². The fourth-order valence-electron chi connectivity index (χ4n) is 4.31. The SMILES string of the molecule is Cc1ccccc1Cn1cc2c(n1)C(=O)N([C@H]1COc3ccccc3N(C)C1=O)CC2. The fourth-order valence-corrected chi connectivity index (χ4v) is 4.31. The van der Waals surface area contributed by atoms with Crippen LogP contribution < -0.4 is 9.64 Å². The number of hydrogen-bond acceptors (Lipinski definition) is 4. The first-order chi connectivity index (χ1) is 15.0. The Kier molecular flexibility index (Phi) is 4.73. The highest BCUT2D eigenvalue weighted by Gasteiger charge is 2.39. The molecule has 0 N–H and O–H groups in total. The van der Waals surface area contributed by atoms with Gasteiger partial charge in [0.15, 0.2) is 5.69 Å². The summed E-state index contributed by atoms with van der Waals surface area (Å²) in [4.78, 5) is 29.7. The number of nitrogens with zero attached hydrogens (tertiary/aromatic N) is 4.